The summed E-state index contributed by atoms with van der Waals surface area (Å²) in [4.78, 5) is 7.50. The van der Waals surface area contributed by atoms with Gasteiger partial charge in [0.15, 0.2) is 0 Å². The van der Waals surface area contributed by atoms with Crippen molar-refractivity contribution in [1.82, 2.24) is 29.4 Å². The molecular formula is C16H16N6O. The first-order chi connectivity index (χ1) is 11.2. The Bertz CT molecular complexity index is 993. The third kappa shape index (κ3) is 2.17. The number of methoxy groups -OCH3 is 1. The highest BCUT2D eigenvalue weighted by Gasteiger charge is 2.15. The van der Waals surface area contributed by atoms with Crippen molar-refractivity contribution in [2.45, 2.75) is 6.92 Å². The van der Waals surface area contributed by atoms with Crippen LogP contribution in [0.1, 0.15) is 5.82 Å². The standard InChI is InChI=1S/C16H16N6O/c1-10-17-7-14(20-10)13-6-19-22-9-11(4-15(23-3)16(13)22)12-5-18-21(2)8-12/h4-9H,1-3H3,(H,17,20). The van der Waals surface area contributed by atoms with E-state index in [1.165, 1.54) is 0 Å². The largest absolute Gasteiger partial charge is 0.494 e. The van der Waals surface area contributed by atoms with E-state index in [1.807, 2.05) is 49.3 Å². The van der Waals surface area contributed by atoms with Crippen LogP contribution in [0, 0.1) is 6.92 Å². The second-order valence-electron chi connectivity index (χ2n) is 5.43. The summed E-state index contributed by atoms with van der Waals surface area (Å²) in [6, 6.07) is 2.00. The lowest BCUT2D eigenvalue weighted by Gasteiger charge is -2.07. The van der Waals surface area contributed by atoms with Crippen molar-refractivity contribution < 1.29 is 4.74 Å². The van der Waals surface area contributed by atoms with Gasteiger partial charge in [-0.1, -0.05) is 0 Å². The second kappa shape index (κ2) is 4.98. The number of aromatic nitrogens is 6. The minimum atomic E-state index is 0.756. The van der Waals surface area contributed by atoms with Gasteiger partial charge in [-0.3, -0.25) is 4.68 Å². The third-order valence-electron chi connectivity index (χ3n) is 3.83. The first kappa shape index (κ1) is 13.6. The number of hydrogen-bond donors (Lipinski definition) is 1. The van der Waals surface area contributed by atoms with Crippen molar-refractivity contribution in [3.05, 3.63) is 42.9 Å². The molecule has 0 aliphatic rings. The van der Waals surface area contributed by atoms with Crippen LogP contribution in [0.3, 0.4) is 0 Å². The van der Waals surface area contributed by atoms with Gasteiger partial charge in [-0.15, -0.1) is 0 Å². The van der Waals surface area contributed by atoms with Crippen LogP contribution in [0.4, 0.5) is 0 Å². The topological polar surface area (TPSA) is 73.0 Å². The molecule has 0 radical (unpaired) electrons. The summed E-state index contributed by atoms with van der Waals surface area (Å²) >= 11 is 0. The van der Waals surface area contributed by atoms with Crippen LogP contribution in [0.2, 0.25) is 0 Å². The van der Waals surface area contributed by atoms with Crippen LogP contribution in [0.5, 0.6) is 5.75 Å². The molecule has 0 amide bonds. The third-order valence-corrected chi connectivity index (χ3v) is 3.83. The number of aromatic amines is 1. The van der Waals surface area contributed by atoms with Crippen LogP contribution in [0.15, 0.2) is 37.1 Å². The highest BCUT2D eigenvalue weighted by Crippen LogP contribution is 2.33. The van der Waals surface area contributed by atoms with E-state index in [2.05, 4.69) is 20.2 Å². The molecule has 0 aromatic carbocycles. The van der Waals surface area contributed by atoms with Gasteiger partial charge in [-0.25, -0.2) is 9.50 Å². The summed E-state index contributed by atoms with van der Waals surface area (Å²) in [6.45, 7) is 1.92. The molecule has 0 fully saturated rings. The van der Waals surface area contributed by atoms with Crippen LogP contribution in [-0.4, -0.2) is 36.5 Å². The summed E-state index contributed by atoms with van der Waals surface area (Å²) in [7, 11) is 3.56. The number of pyridine rings is 1. The van der Waals surface area contributed by atoms with E-state index in [4.69, 9.17) is 4.74 Å². The van der Waals surface area contributed by atoms with Gasteiger partial charge in [0, 0.05) is 36.1 Å². The van der Waals surface area contributed by atoms with Crippen LogP contribution < -0.4 is 4.74 Å². The summed E-state index contributed by atoms with van der Waals surface area (Å²) in [5, 5.41) is 8.68. The quantitative estimate of drug-likeness (QED) is 0.631. The molecule has 4 heterocycles. The number of fused-ring (bicyclic) bond motifs is 1. The van der Waals surface area contributed by atoms with E-state index in [-0.39, 0.29) is 0 Å². The minimum absolute atomic E-state index is 0.756. The van der Waals surface area contributed by atoms with Crippen molar-refractivity contribution in [1.29, 1.82) is 0 Å². The average molecular weight is 308 g/mol. The Balaban J connectivity index is 1.93. The lowest BCUT2D eigenvalue weighted by molar-refractivity contribution is 0.418. The SMILES string of the molecule is COc1cc(-c2cnn(C)c2)cn2ncc(-c3cnc(C)[nH]3)c12. The van der Waals surface area contributed by atoms with Crippen molar-refractivity contribution in [3.63, 3.8) is 0 Å². The second-order valence-corrected chi connectivity index (χ2v) is 5.43. The van der Waals surface area contributed by atoms with E-state index in [0.29, 0.717) is 0 Å². The van der Waals surface area contributed by atoms with Crippen molar-refractivity contribution >= 4 is 5.52 Å². The molecule has 4 aromatic rings. The first-order valence-corrected chi connectivity index (χ1v) is 7.22. The Labute approximate surface area is 132 Å². The highest BCUT2D eigenvalue weighted by molar-refractivity contribution is 5.84. The Morgan fingerprint density at radius 2 is 1.96 bits per heavy atom. The van der Waals surface area contributed by atoms with E-state index in [1.54, 1.807) is 18.0 Å². The number of nitrogens with zero attached hydrogens (tertiary/aromatic N) is 5. The summed E-state index contributed by atoms with van der Waals surface area (Å²) < 4.78 is 9.20. The summed E-state index contributed by atoms with van der Waals surface area (Å²) in [5.74, 6) is 1.62. The minimum Gasteiger partial charge on any atom is -0.494 e. The molecule has 0 spiro atoms. The molecule has 0 unspecified atom stereocenters. The van der Waals surface area contributed by atoms with Crippen molar-refractivity contribution in [2.75, 3.05) is 7.11 Å². The Kier molecular flexibility index (Phi) is 2.94. The zero-order chi connectivity index (χ0) is 16.0. The van der Waals surface area contributed by atoms with E-state index in [9.17, 15) is 0 Å². The molecule has 116 valence electrons. The summed E-state index contributed by atoms with van der Waals surface area (Å²) in [5.41, 5.74) is 4.80. The van der Waals surface area contributed by atoms with E-state index >= 15 is 0 Å². The van der Waals surface area contributed by atoms with Gasteiger partial charge in [0.05, 0.1) is 31.4 Å². The predicted molar refractivity (Wildman–Crippen MR) is 86.3 cm³/mol. The van der Waals surface area contributed by atoms with Crippen molar-refractivity contribution in [3.8, 4) is 28.1 Å². The Morgan fingerprint density at radius 1 is 1.09 bits per heavy atom. The maximum Gasteiger partial charge on any atom is 0.145 e. The molecule has 0 saturated heterocycles. The normalized spacial score (nSPS) is 11.3. The molecule has 0 saturated carbocycles. The molecular weight excluding hydrogens is 292 g/mol. The molecule has 7 nitrogen and oxygen atoms in total. The van der Waals surface area contributed by atoms with Gasteiger partial charge < -0.3 is 9.72 Å². The Morgan fingerprint density at radius 3 is 2.61 bits per heavy atom. The fraction of sp³-hybridized carbons (Fsp3) is 0.188. The molecule has 0 aliphatic heterocycles. The number of H-pyrrole nitrogens is 1. The molecule has 7 heteroatoms. The zero-order valence-electron chi connectivity index (χ0n) is 13.1. The molecule has 4 rings (SSSR count). The molecule has 0 aliphatic carbocycles. The van der Waals surface area contributed by atoms with E-state index in [0.717, 1.165) is 39.5 Å². The first-order valence-electron chi connectivity index (χ1n) is 7.22. The van der Waals surface area contributed by atoms with Gasteiger partial charge in [-0.2, -0.15) is 10.2 Å². The van der Waals surface area contributed by atoms with Gasteiger partial charge in [0.25, 0.3) is 0 Å². The smallest absolute Gasteiger partial charge is 0.145 e. The van der Waals surface area contributed by atoms with Crippen LogP contribution in [-0.2, 0) is 7.05 Å². The highest BCUT2D eigenvalue weighted by atomic mass is 16.5. The fourth-order valence-corrected chi connectivity index (χ4v) is 2.72. The molecule has 0 atom stereocenters. The number of nitrogens with one attached hydrogen (secondary N) is 1. The number of hydrogen-bond acceptors (Lipinski definition) is 4. The summed E-state index contributed by atoms with van der Waals surface area (Å²) in [6.07, 6.45) is 9.38. The maximum atomic E-state index is 5.60. The zero-order valence-corrected chi connectivity index (χ0v) is 13.1. The molecule has 0 bridgehead atoms. The average Bonchev–Trinajstić information content (AvgIpc) is 3.25. The maximum absolute atomic E-state index is 5.60. The monoisotopic (exact) mass is 308 g/mol. The lowest BCUT2D eigenvalue weighted by atomic mass is 10.1. The fourth-order valence-electron chi connectivity index (χ4n) is 2.72. The van der Waals surface area contributed by atoms with Crippen LogP contribution in [0.25, 0.3) is 27.9 Å². The number of ether oxygens (including phenoxy) is 1. The number of rotatable bonds is 3. The van der Waals surface area contributed by atoms with Gasteiger partial charge >= 0.3 is 0 Å². The van der Waals surface area contributed by atoms with E-state index < -0.39 is 0 Å². The van der Waals surface area contributed by atoms with Crippen molar-refractivity contribution in [2.24, 2.45) is 7.05 Å². The molecule has 1 N–H and O–H groups in total. The van der Waals surface area contributed by atoms with Gasteiger partial charge in [-0.05, 0) is 13.0 Å². The number of imidazole rings is 1. The Hall–Kier alpha value is -3.09. The van der Waals surface area contributed by atoms with Gasteiger partial charge in [0.1, 0.15) is 17.1 Å². The molecule has 4 aromatic heterocycles. The lowest BCUT2D eigenvalue weighted by Crippen LogP contribution is -1.94. The molecule has 23 heavy (non-hydrogen) atoms. The number of aryl methyl sites for hydroxylation is 2. The van der Waals surface area contributed by atoms with Crippen LogP contribution >= 0.6 is 0 Å². The predicted octanol–water partition coefficient (Wildman–Crippen LogP) is 2.44. The van der Waals surface area contributed by atoms with Gasteiger partial charge in [0.2, 0.25) is 0 Å².